The fourth-order valence-electron chi connectivity index (χ4n) is 0.882. The molecule has 0 radical (unpaired) electrons. The van der Waals surface area contributed by atoms with Crippen LogP contribution in [0.2, 0.25) is 0 Å². The lowest BCUT2D eigenvalue weighted by atomic mass is 10.1. The van der Waals surface area contributed by atoms with E-state index >= 15 is 0 Å². The molecule has 0 spiro atoms. The van der Waals surface area contributed by atoms with Gasteiger partial charge in [0.15, 0.2) is 0 Å². The normalized spacial score (nSPS) is 11.4. The third-order valence-electron chi connectivity index (χ3n) is 1.57. The molecule has 0 aliphatic heterocycles. The second-order valence-corrected chi connectivity index (χ2v) is 3.93. The van der Waals surface area contributed by atoms with E-state index in [-0.39, 0.29) is 17.9 Å². The lowest BCUT2D eigenvalue weighted by molar-refractivity contribution is -0.120. The molecule has 5 heteroatoms. The lowest BCUT2D eigenvalue weighted by Gasteiger charge is -2.18. The van der Waals surface area contributed by atoms with Crippen LogP contribution in [0.4, 0.5) is 0 Å². The molecule has 0 atom stereocenters. The Labute approximate surface area is 82.6 Å². The number of hydrogen-bond donors (Lipinski definition) is 2. The molecular formula is C9H15N3O2. The van der Waals surface area contributed by atoms with E-state index in [1.165, 1.54) is 6.26 Å². The molecule has 1 aromatic rings. The van der Waals surface area contributed by atoms with Crippen LogP contribution in [-0.4, -0.2) is 23.1 Å². The number of amides is 1. The van der Waals surface area contributed by atoms with Crippen LogP contribution in [0.15, 0.2) is 16.9 Å². The van der Waals surface area contributed by atoms with Gasteiger partial charge in [0.2, 0.25) is 5.91 Å². The van der Waals surface area contributed by atoms with Crippen LogP contribution < -0.4 is 11.1 Å². The van der Waals surface area contributed by atoms with Crippen molar-refractivity contribution in [1.29, 1.82) is 0 Å². The Morgan fingerprint density at radius 2 is 2.43 bits per heavy atom. The van der Waals surface area contributed by atoms with Gasteiger partial charge in [0, 0.05) is 18.2 Å². The minimum absolute atomic E-state index is 0.0996. The van der Waals surface area contributed by atoms with E-state index in [1.807, 2.05) is 13.8 Å². The highest BCUT2D eigenvalue weighted by molar-refractivity contribution is 5.78. The highest BCUT2D eigenvalue weighted by atomic mass is 16.5. The van der Waals surface area contributed by atoms with Crippen LogP contribution in [0.3, 0.4) is 0 Å². The first-order valence-electron chi connectivity index (χ1n) is 4.42. The summed E-state index contributed by atoms with van der Waals surface area (Å²) in [6.07, 6.45) is 1.67. The van der Waals surface area contributed by atoms with Crippen LogP contribution in [0.5, 0.6) is 0 Å². The van der Waals surface area contributed by atoms with E-state index in [0.717, 1.165) is 0 Å². The van der Waals surface area contributed by atoms with Crippen molar-refractivity contribution in [3.63, 3.8) is 0 Å². The van der Waals surface area contributed by atoms with E-state index in [1.54, 1.807) is 6.07 Å². The molecule has 0 saturated heterocycles. The Balaban J connectivity index is 2.30. The highest BCUT2D eigenvalue weighted by Crippen LogP contribution is 1.97. The van der Waals surface area contributed by atoms with Crippen LogP contribution in [0, 0.1) is 0 Å². The molecule has 78 valence electrons. The molecule has 1 aromatic heterocycles. The number of aromatic nitrogens is 1. The van der Waals surface area contributed by atoms with Gasteiger partial charge in [0.1, 0.15) is 6.26 Å². The quantitative estimate of drug-likeness (QED) is 0.715. The van der Waals surface area contributed by atoms with Crippen LogP contribution in [0.1, 0.15) is 19.5 Å². The summed E-state index contributed by atoms with van der Waals surface area (Å²) >= 11 is 0. The van der Waals surface area contributed by atoms with Crippen molar-refractivity contribution in [3.8, 4) is 0 Å². The van der Waals surface area contributed by atoms with E-state index in [9.17, 15) is 4.79 Å². The summed E-state index contributed by atoms with van der Waals surface area (Å²) in [5.74, 6) is -0.0996. The van der Waals surface area contributed by atoms with Crippen molar-refractivity contribution in [2.75, 3.05) is 6.54 Å². The highest BCUT2D eigenvalue weighted by Gasteiger charge is 2.12. The van der Waals surface area contributed by atoms with E-state index in [4.69, 9.17) is 5.73 Å². The second kappa shape index (κ2) is 4.23. The molecule has 0 aliphatic rings. The van der Waals surface area contributed by atoms with Gasteiger partial charge < -0.3 is 15.6 Å². The first-order valence-corrected chi connectivity index (χ1v) is 4.42. The summed E-state index contributed by atoms with van der Waals surface area (Å²) in [7, 11) is 0. The molecule has 0 aliphatic carbocycles. The smallest absolute Gasteiger partial charge is 0.226 e. The van der Waals surface area contributed by atoms with Gasteiger partial charge in [-0.15, -0.1) is 0 Å². The molecule has 0 bridgehead atoms. The largest absolute Gasteiger partial charge is 0.364 e. The van der Waals surface area contributed by atoms with E-state index in [0.29, 0.717) is 12.2 Å². The molecular weight excluding hydrogens is 182 g/mol. The summed E-state index contributed by atoms with van der Waals surface area (Å²) < 4.78 is 4.61. The summed E-state index contributed by atoms with van der Waals surface area (Å²) in [5, 5.41) is 6.35. The zero-order valence-corrected chi connectivity index (χ0v) is 8.41. The lowest BCUT2D eigenvalue weighted by Crippen LogP contribution is -2.45. The summed E-state index contributed by atoms with van der Waals surface area (Å²) in [6, 6.07) is 1.66. The number of rotatable bonds is 4. The van der Waals surface area contributed by atoms with Gasteiger partial charge in [-0.2, -0.15) is 0 Å². The van der Waals surface area contributed by atoms with Gasteiger partial charge in [0.25, 0.3) is 0 Å². The molecule has 0 aromatic carbocycles. The maximum Gasteiger partial charge on any atom is 0.226 e. The van der Waals surface area contributed by atoms with E-state index in [2.05, 4.69) is 15.0 Å². The predicted octanol–water partition coefficient (Wildman–Crippen LogP) is 0.0706. The first kappa shape index (κ1) is 10.7. The van der Waals surface area contributed by atoms with Crippen molar-refractivity contribution in [2.24, 2.45) is 5.73 Å². The number of carbonyl (C=O) groups is 1. The van der Waals surface area contributed by atoms with Crippen molar-refractivity contribution in [1.82, 2.24) is 10.5 Å². The maximum atomic E-state index is 11.3. The summed E-state index contributed by atoms with van der Waals surface area (Å²) in [6.45, 7) is 4.15. The van der Waals surface area contributed by atoms with Crippen molar-refractivity contribution >= 4 is 5.91 Å². The molecule has 1 amide bonds. The molecule has 0 saturated carbocycles. The third kappa shape index (κ3) is 4.04. The topological polar surface area (TPSA) is 81.1 Å². The molecule has 1 rings (SSSR count). The summed E-state index contributed by atoms with van der Waals surface area (Å²) in [5.41, 5.74) is 5.94. The maximum absolute atomic E-state index is 11.3. The van der Waals surface area contributed by atoms with Crippen molar-refractivity contribution < 1.29 is 9.32 Å². The monoisotopic (exact) mass is 197 g/mol. The predicted molar refractivity (Wildman–Crippen MR) is 51.5 cm³/mol. The Hall–Kier alpha value is -1.36. The average molecular weight is 197 g/mol. The standard InChI is InChI=1S/C9H15N3O2/c1-9(2,10)6-11-8(13)5-7-3-4-14-12-7/h3-4H,5-6,10H2,1-2H3,(H,11,13). The summed E-state index contributed by atoms with van der Waals surface area (Å²) in [4.78, 5) is 11.3. The van der Waals surface area contributed by atoms with E-state index < -0.39 is 0 Å². The number of nitrogens with zero attached hydrogens (tertiary/aromatic N) is 1. The zero-order valence-electron chi connectivity index (χ0n) is 8.41. The number of nitrogens with two attached hydrogens (primary N) is 1. The molecule has 5 nitrogen and oxygen atoms in total. The fourth-order valence-corrected chi connectivity index (χ4v) is 0.882. The number of carbonyl (C=O) groups excluding carboxylic acids is 1. The second-order valence-electron chi connectivity index (χ2n) is 3.93. The number of hydrogen-bond acceptors (Lipinski definition) is 4. The van der Waals surface area contributed by atoms with Crippen LogP contribution in [0.25, 0.3) is 0 Å². The molecule has 3 N–H and O–H groups in total. The SMILES string of the molecule is CC(C)(N)CNC(=O)Cc1ccon1. The first-order chi connectivity index (χ1) is 6.47. The van der Waals surface area contributed by atoms with Gasteiger partial charge in [-0.3, -0.25) is 4.79 Å². The van der Waals surface area contributed by atoms with Gasteiger partial charge in [-0.25, -0.2) is 0 Å². The zero-order chi connectivity index (χ0) is 10.6. The molecule has 1 heterocycles. The molecule has 14 heavy (non-hydrogen) atoms. The minimum Gasteiger partial charge on any atom is -0.364 e. The van der Waals surface area contributed by atoms with Gasteiger partial charge in [-0.05, 0) is 13.8 Å². The number of nitrogens with one attached hydrogen (secondary N) is 1. The van der Waals surface area contributed by atoms with Crippen molar-refractivity contribution in [3.05, 3.63) is 18.0 Å². The van der Waals surface area contributed by atoms with Gasteiger partial charge >= 0.3 is 0 Å². The van der Waals surface area contributed by atoms with Crippen LogP contribution >= 0.6 is 0 Å². The Bertz CT molecular complexity index is 288. The Kier molecular flexibility index (Phi) is 3.24. The minimum atomic E-state index is -0.389. The molecule has 0 fully saturated rings. The fraction of sp³-hybridized carbons (Fsp3) is 0.556. The van der Waals surface area contributed by atoms with Crippen molar-refractivity contribution in [2.45, 2.75) is 25.8 Å². The van der Waals surface area contributed by atoms with Gasteiger partial charge in [-0.1, -0.05) is 5.16 Å². The van der Waals surface area contributed by atoms with Gasteiger partial charge in [0.05, 0.1) is 12.1 Å². The Morgan fingerprint density at radius 1 is 1.71 bits per heavy atom. The third-order valence-corrected chi connectivity index (χ3v) is 1.57. The van der Waals surface area contributed by atoms with Crippen LogP contribution in [-0.2, 0) is 11.2 Å². The average Bonchev–Trinajstić information content (AvgIpc) is 2.52. The Morgan fingerprint density at radius 3 is 2.93 bits per heavy atom. The molecule has 0 unspecified atom stereocenters.